The van der Waals surface area contributed by atoms with Gasteiger partial charge in [0.15, 0.2) is 0 Å². The summed E-state index contributed by atoms with van der Waals surface area (Å²) in [5.41, 5.74) is 0.298. The number of rotatable bonds is 2. The number of hydrogen-bond acceptors (Lipinski definition) is 4. The molecule has 0 radical (unpaired) electrons. The minimum Gasteiger partial charge on any atom is -0.245 e. The molecule has 0 saturated heterocycles. The number of nitrogens with zero attached hydrogens (tertiary/aromatic N) is 6. The Balaban J connectivity index is 1.01. The molecular formula is C46H46N6O4. The summed E-state index contributed by atoms with van der Waals surface area (Å²) < 4.78 is 10.9. The van der Waals surface area contributed by atoms with Gasteiger partial charge in [-0.05, 0) is 147 Å². The second-order valence-electron chi connectivity index (χ2n) is 20.5. The molecule has 2 aromatic heterocycles. The van der Waals surface area contributed by atoms with Gasteiger partial charge in [0, 0.05) is 17.3 Å². The zero-order valence-corrected chi connectivity index (χ0v) is 31.4. The summed E-state index contributed by atoms with van der Waals surface area (Å²) in [6.07, 6.45) is 19.1. The second kappa shape index (κ2) is 9.40. The Morgan fingerprint density at radius 2 is 1.04 bits per heavy atom. The third-order valence-electron chi connectivity index (χ3n) is 19.0. The van der Waals surface area contributed by atoms with Gasteiger partial charge >= 0.3 is 22.8 Å². The molecule has 4 heterocycles. The Morgan fingerprint density at radius 1 is 0.536 bits per heavy atom. The summed E-state index contributed by atoms with van der Waals surface area (Å²) >= 11 is 0. The zero-order valence-electron chi connectivity index (χ0n) is 31.4. The van der Waals surface area contributed by atoms with Gasteiger partial charge in [0.1, 0.15) is 0 Å². The molecule has 0 N–H and O–H groups in total. The Kier molecular flexibility index (Phi) is 5.12. The molecule has 6 atom stereocenters. The average Bonchev–Trinajstić information content (AvgIpc) is 4.02. The molecule has 9 fully saturated rings. The van der Waals surface area contributed by atoms with E-state index in [0.29, 0.717) is 58.7 Å². The van der Waals surface area contributed by atoms with Gasteiger partial charge in [0.25, 0.3) is 0 Å². The molecule has 4 aromatic rings. The van der Waals surface area contributed by atoms with Crippen molar-refractivity contribution in [2.75, 3.05) is 0 Å². The molecular weight excluding hydrogens is 701 g/mol. The fourth-order valence-electron chi connectivity index (χ4n) is 18.5. The van der Waals surface area contributed by atoms with Gasteiger partial charge < -0.3 is 0 Å². The number of benzene rings is 2. The van der Waals surface area contributed by atoms with Crippen molar-refractivity contribution in [1.29, 1.82) is 0 Å². The molecule has 10 heteroatoms. The number of aromatic nitrogens is 6. The number of para-hydroxylation sites is 2. The lowest BCUT2D eigenvalue weighted by Crippen LogP contribution is -2.67. The Hall–Kier alpha value is -4.60. The lowest BCUT2D eigenvalue weighted by molar-refractivity contribution is -0.151. The van der Waals surface area contributed by atoms with Crippen molar-refractivity contribution in [2.24, 2.45) is 70.5 Å². The maximum absolute atomic E-state index is 15.2. The molecule has 9 saturated carbocycles. The summed E-state index contributed by atoms with van der Waals surface area (Å²) in [4.78, 5) is 60.7. The molecule has 56 heavy (non-hydrogen) atoms. The van der Waals surface area contributed by atoms with Gasteiger partial charge in [-0.15, -0.1) is 0 Å². The number of fused-ring (bicyclic) bond motifs is 7. The van der Waals surface area contributed by atoms with Crippen molar-refractivity contribution in [3.05, 3.63) is 126 Å². The van der Waals surface area contributed by atoms with Gasteiger partial charge in [-0.3, -0.25) is 0 Å². The minimum absolute atomic E-state index is 0.0245. The van der Waals surface area contributed by atoms with E-state index in [9.17, 15) is 0 Å². The van der Waals surface area contributed by atoms with E-state index in [0.717, 1.165) is 51.4 Å². The summed E-state index contributed by atoms with van der Waals surface area (Å²) in [6.45, 7) is 0. The van der Waals surface area contributed by atoms with Crippen LogP contribution in [0.25, 0.3) is 11.4 Å². The molecule has 2 aromatic carbocycles. The number of hydrogen-bond donors (Lipinski definition) is 0. The maximum Gasteiger partial charge on any atom is 0.352 e. The maximum atomic E-state index is 15.2. The van der Waals surface area contributed by atoms with Gasteiger partial charge in [0.05, 0.1) is 34.5 Å². The van der Waals surface area contributed by atoms with Crippen molar-refractivity contribution in [3.63, 3.8) is 0 Å². The molecule has 10 nitrogen and oxygen atoms in total. The van der Waals surface area contributed by atoms with E-state index in [1.807, 2.05) is 74.7 Å². The van der Waals surface area contributed by atoms with Crippen LogP contribution in [0.1, 0.15) is 76.3 Å². The van der Waals surface area contributed by atoms with Crippen LogP contribution in [0.2, 0.25) is 0 Å². The molecule has 17 rings (SSSR count). The lowest BCUT2D eigenvalue weighted by Gasteiger charge is -2.65. The van der Waals surface area contributed by atoms with Crippen molar-refractivity contribution >= 4 is 0 Å². The Bertz CT molecular complexity index is 2720. The van der Waals surface area contributed by atoms with E-state index < -0.39 is 16.5 Å². The van der Waals surface area contributed by atoms with Crippen LogP contribution in [0.3, 0.4) is 0 Å². The Labute approximate surface area is 322 Å². The van der Waals surface area contributed by atoms with E-state index in [2.05, 4.69) is 22.9 Å². The number of allylic oxidation sites excluding steroid dienone is 4. The predicted molar refractivity (Wildman–Crippen MR) is 207 cm³/mol. The summed E-state index contributed by atoms with van der Waals surface area (Å²) in [6, 6.07) is 18.6. The first kappa shape index (κ1) is 30.5. The minimum atomic E-state index is -0.514. The normalized spacial score (nSPS) is 46.6. The Morgan fingerprint density at radius 3 is 1.59 bits per heavy atom. The SMILES string of the molecule is O=c1n(-c2ccccc2)c(=O)n2n1[C@H]1C(=C[C@@H]3[C@H]1[C@@H]1C=C[C@@]34[C@@H]1n1c(=O)n(-c3ccccc3)c(=O)n1C41C3CC4CC(C3)CC1C4)C21C2CC3CC(C2)CC1C3. The third-order valence-corrected chi connectivity index (χ3v) is 19.0. The van der Waals surface area contributed by atoms with E-state index in [1.54, 1.807) is 0 Å². The van der Waals surface area contributed by atoms with Crippen molar-refractivity contribution in [2.45, 2.75) is 87.4 Å². The van der Waals surface area contributed by atoms with Crippen LogP contribution < -0.4 is 22.8 Å². The molecule has 10 bridgehead atoms. The highest BCUT2D eigenvalue weighted by atomic mass is 16.2. The van der Waals surface area contributed by atoms with Crippen LogP contribution in [0.5, 0.6) is 0 Å². The monoisotopic (exact) mass is 746 g/mol. The predicted octanol–water partition coefficient (Wildman–Crippen LogP) is 5.39. The van der Waals surface area contributed by atoms with Crippen molar-refractivity contribution in [3.8, 4) is 11.4 Å². The summed E-state index contributed by atoms with van der Waals surface area (Å²) in [7, 11) is 0. The highest BCUT2D eigenvalue weighted by molar-refractivity contribution is 5.49. The standard InChI is InChI=1S/C46H46N6O4/c53-40-47(32-7-3-1-4-8-32)42(55)51-45(28-15-24-13-25(17-28)18-29(45)16-24)36-23-35-37(38(36)49(40)51)34-11-12-44(35)39(34)50-41(54)48(33-9-5-2-6-10-33)43(56)52(50)46(44)30-19-26-14-27(21-30)22-31(46)20-26/h1-12,23-31,34-35,37-39H,13-22H2/t24?,25?,26?,27?,28?,29?,30?,31?,34-,35+,37+,38-,39+,44-,45?,46?/m0/s1. The first-order valence-corrected chi connectivity index (χ1v) is 21.8. The topological polar surface area (TPSA) is 97.9 Å². The highest BCUT2D eigenvalue weighted by Gasteiger charge is 2.84. The first-order chi connectivity index (χ1) is 27.4. The molecule has 0 amide bonds. The molecule has 11 aliphatic carbocycles. The summed E-state index contributed by atoms with van der Waals surface area (Å²) in [5, 5.41) is 0. The molecule has 0 unspecified atom stereocenters. The van der Waals surface area contributed by atoms with Gasteiger partial charge in [-0.25, -0.2) is 47.0 Å². The fourth-order valence-corrected chi connectivity index (χ4v) is 18.5. The molecule has 284 valence electrons. The van der Waals surface area contributed by atoms with Crippen LogP contribution in [0.4, 0.5) is 0 Å². The van der Waals surface area contributed by atoms with Crippen LogP contribution >= 0.6 is 0 Å². The smallest absolute Gasteiger partial charge is 0.245 e. The van der Waals surface area contributed by atoms with E-state index in [4.69, 9.17) is 0 Å². The largest absolute Gasteiger partial charge is 0.352 e. The van der Waals surface area contributed by atoms with Crippen LogP contribution in [-0.2, 0) is 11.1 Å². The van der Waals surface area contributed by atoms with Crippen molar-refractivity contribution in [1.82, 2.24) is 27.9 Å². The molecule has 2 spiro atoms. The second-order valence-corrected chi connectivity index (χ2v) is 20.5. The van der Waals surface area contributed by atoms with Crippen molar-refractivity contribution < 1.29 is 0 Å². The first-order valence-electron chi connectivity index (χ1n) is 21.8. The third kappa shape index (κ3) is 2.88. The van der Waals surface area contributed by atoms with E-state index in [-0.39, 0.29) is 52.6 Å². The van der Waals surface area contributed by atoms with Crippen LogP contribution in [0.15, 0.2) is 104 Å². The zero-order chi connectivity index (χ0) is 36.8. The highest BCUT2D eigenvalue weighted by Crippen LogP contribution is 2.83. The quantitative estimate of drug-likeness (QED) is 0.257. The van der Waals surface area contributed by atoms with Gasteiger partial charge in [-0.2, -0.15) is 0 Å². The van der Waals surface area contributed by atoms with E-state index in [1.165, 1.54) is 27.5 Å². The molecule has 2 aliphatic heterocycles. The van der Waals surface area contributed by atoms with E-state index >= 15 is 19.2 Å². The molecule has 13 aliphatic rings. The van der Waals surface area contributed by atoms with Gasteiger partial charge in [-0.1, -0.05) is 54.6 Å². The lowest BCUT2D eigenvalue weighted by atomic mass is 9.41. The van der Waals surface area contributed by atoms with Crippen LogP contribution in [-0.4, -0.2) is 27.9 Å². The average molecular weight is 747 g/mol. The fraction of sp³-hybridized carbons (Fsp3) is 0.565. The van der Waals surface area contributed by atoms with Gasteiger partial charge in [0.2, 0.25) is 0 Å². The summed E-state index contributed by atoms with van der Waals surface area (Å²) in [5.74, 6) is 4.11. The van der Waals surface area contributed by atoms with Crippen LogP contribution in [0, 0.1) is 70.5 Å².